The maximum Gasteiger partial charge on any atom is 0.135 e. The van der Waals surface area contributed by atoms with E-state index in [9.17, 15) is 0 Å². The highest BCUT2D eigenvalue weighted by Crippen LogP contribution is 2.45. The zero-order valence-electron chi connectivity index (χ0n) is 23.8. The Morgan fingerprint density at radius 3 is 1.80 bits per heavy atom. The number of para-hydroxylation sites is 1. The lowest BCUT2D eigenvalue weighted by Gasteiger charge is -2.15. The molecule has 9 rings (SSSR count). The second kappa shape index (κ2) is 10.1. The summed E-state index contributed by atoms with van der Waals surface area (Å²) in [6.07, 6.45) is 0. The van der Waals surface area contributed by atoms with Gasteiger partial charge in [-0.15, -0.1) is 11.3 Å². The average molecular weight is 579 g/mol. The number of rotatable bonds is 4. The van der Waals surface area contributed by atoms with Crippen molar-refractivity contribution in [2.75, 3.05) is 0 Å². The lowest BCUT2D eigenvalue weighted by molar-refractivity contribution is 0.669. The Kier molecular flexibility index (Phi) is 5.75. The smallest absolute Gasteiger partial charge is 0.135 e. The van der Waals surface area contributed by atoms with Gasteiger partial charge in [0.25, 0.3) is 0 Å². The molecular weight excluding hydrogens is 553 g/mol. The second-order valence-electron chi connectivity index (χ2n) is 11.3. The Labute approximate surface area is 259 Å². The number of hydrogen-bond donors (Lipinski definition) is 0. The van der Waals surface area contributed by atoms with Gasteiger partial charge in [0.1, 0.15) is 11.2 Å². The molecule has 2 aromatic heterocycles. The van der Waals surface area contributed by atoms with Crippen molar-refractivity contribution in [3.8, 4) is 44.5 Å². The lowest BCUT2D eigenvalue weighted by Crippen LogP contribution is -1.89. The summed E-state index contributed by atoms with van der Waals surface area (Å²) in [5, 5.41) is 4.92. The average Bonchev–Trinajstić information content (AvgIpc) is 3.66. The zero-order valence-corrected chi connectivity index (χ0v) is 24.6. The topological polar surface area (TPSA) is 13.1 Å². The summed E-state index contributed by atoms with van der Waals surface area (Å²) >= 11 is 1.87. The second-order valence-corrected chi connectivity index (χ2v) is 12.4. The van der Waals surface area contributed by atoms with Gasteiger partial charge in [0.2, 0.25) is 0 Å². The number of thiophene rings is 1. The summed E-state index contributed by atoms with van der Waals surface area (Å²) in [5.41, 5.74) is 11.6. The molecule has 7 aromatic carbocycles. The minimum atomic E-state index is 0.919. The van der Waals surface area contributed by atoms with Crippen LogP contribution in [0.5, 0.6) is 0 Å². The lowest BCUT2D eigenvalue weighted by atomic mass is 9.89. The van der Waals surface area contributed by atoms with Crippen LogP contribution in [0.25, 0.3) is 86.6 Å². The first-order chi connectivity index (χ1) is 21.8. The monoisotopic (exact) mass is 578 g/mol. The molecule has 1 nitrogen and oxygen atoms in total. The van der Waals surface area contributed by atoms with E-state index in [0.717, 1.165) is 21.9 Å². The molecule has 0 atom stereocenters. The zero-order chi connectivity index (χ0) is 29.0. The molecule has 0 saturated carbocycles. The summed E-state index contributed by atoms with van der Waals surface area (Å²) in [7, 11) is 0. The molecule has 0 bridgehead atoms. The van der Waals surface area contributed by atoms with Crippen molar-refractivity contribution >= 4 is 53.4 Å². The summed E-state index contributed by atoms with van der Waals surface area (Å²) < 4.78 is 8.75. The van der Waals surface area contributed by atoms with Crippen molar-refractivity contribution in [1.29, 1.82) is 0 Å². The van der Waals surface area contributed by atoms with Gasteiger partial charge < -0.3 is 4.42 Å². The Hall–Kier alpha value is -5.44. The van der Waals surface area contributed by atoms with Crippen LogP contribution in [0.3, 0.4) is 0 Å². The number of benzene rings is 7. The molecule has 0 aliphatic carbocycles. The van der Waals surface area contributed by atoms with Crippen LogP contribution < -0.4 is 0 Å². The van der Waals surface area contributed by atoms with Gasteiger partial charge in [0.05, 0.1) is 0 Å². The molecule has 0 N–H and O–H groups in total. The summed E-state index contributed by atoms with van der Waals surface area (Å²) in [6.45, 7) is 0. The molecular formula is C42H26OS. The van der Waals surface area contributed by atoms with Gasteiger partial charge in [0, 0.05) is 30.9 Å². The molecule has 0 aliphatic heterocycles. The van der Waals surface area contributed by atoms with Crippen molar-refractivity contribution < 1.29 is 4.42 Å². The molecule has 0 aliphatic rings. The van der Waals surface area contributed by atoms with Crippen LogP contribution in [-0.2, 0) is 0 Å². The Bertz CT molecular complexity index is 2480. The van der Waals surface area contributed by atoms with E-state index < -0.39 is 0 Å². The summed E-state index contributed by atoms with van der Waals surface area (Å²) in [6, 6.07) is 56.8. The van der Waals surface area contributed by atoms with Crippen LogP contribution in [-0.4, -0.2) is 0 Å². The fraction of sp³-hybridized carbons (Fsp3) is 0. The highest BCUT2D eigenvalue weighted by molar-refractivity contribution is 7.26. The Morgan fingerprint density at radius 1 is 0.341 bits per heavy atom. The molecule has 2 heterocycles. The van der Waals surface area contributed by atoms with E-state index >= 15 is 0 Å². The fourth-order valence-corrected chi connectivity index (χ4v) is 7.76. The first kappa shape index (κ1) is 25.1. The van der Waals surface area contributed by atoms with Crippen molar-refractivity contribution in [2.24, 2.45) is 0 Å². The van der Waals surface area contributed by atoms with E-state index in [0.29, 0.717) is 0 Å². The summed E-state index contributed by atoms with van der Waals surface area (Å²) in [5.74, 6) is 0. The van der Waals surface area contributed by atoms with Gasteiger partial charge in [-0.3, -0.25) is 0 Å². The standard InChI is InChI=1S/C42H26OS/c1-3-11-27(12-4-1)32-21-19-30(24-35(32)28-13-5-2-6-14-28)36-25-31(26-41-42(36)34-16-8-10-18-40(34)44-41)29-20-22-39-37(23-29)33-15-7-9-17-38(33)43-39/h1-26H. The van der Waals surface area contributed by atoms with Crippen LogP contribution >= 0.6 is 11.3 Å². The minimum Gasteiger partial charge on any atom is -0.456 e. The van der Waals surface area contributed by atoms with Gasteiger partial charge in [0.15, 0.2) is 0 Å². The third-order valence-electron chi connectivity index (χ3n) is 8.69. The SMILES string of the molecule is c1ccc(-c2ccc(-c3cc(-c4ccc5oc6ccccc6c5c4)cc4sc5ccccc5c34)cc2-c2ccccc2)cc1. The van der Waals surface area contributed by atoms with Crippen LogP contribution in [0.15, 0.2) is 162 Å². The van der Waals surface area contributed by atoms with E-state index in [1.807, 2.05) is 23.5 Å². The molecule has 0 unspecified atom stereocenters. The van der Waals surface area contributed by atoms with Crippen LogP contribution in [0.2, 0.25) is 0 Å². The maximum atomic E-state index is 6.15. The molecule has 0 fully saturated rings. The normalized spacial score (nSPS) is 11.6. The largest absolute Gasteiger partial charge is 0.456 e. The van der Waals surface area contributed by atoms with Gasteiger partial charge in [-0.1, -0.05) is 115 Å². The van der Waals surface area contributed by atoms with Crippen molar-refractivity contribution in [3.05, 3.63) is 158 Å². The highest BCUT2D eigenvalue weighted by atomic mass is 32.1. The van der Waals surface area contributed by atoms with E-state index in [2.05, 4.69) is 146 Å². The fourth-order valence-electron chi connectivity index (χ4n) is 6.59. The Morgan fingerprint density at radius 2 is 0.977 bits per heavy atom. The first-order valence-electron chi connectivity index (χ1n) is 14.9. The van der Waals surface area contributed by atoms with E-state index in [1.54, 1.807) is 0 Å². The molecule has 0 saturated heterocycles. The van der Waals surface area contributed by atoms with E-state index in [1.165, 1.54) is 64.7 Å². The van der Waals surface area contributed by atoms with Gasteiger partial charge in [-0.05, 0) is 87.0 Å². The van der Waals surface area contributed by atoms with Crippen molar-refractivity contribution in [1.82, 2.24) is 0 Å². The van der Waals surface area contributed by atoms with Crippen LogP contribution in [0.1, 0.15) is 0 Å². The highest BCUT2D eigenvalue weighted by Gasteiger charge is 2.17. The molecule has 0 amide bonds. The van der Waals surface area contributed by atoms with Crippen molar-refractivity contribution in [3.63, 3.8) is 0 Å². The third-order valence-corrected chi connectivity index (χ3v) is 9.81. The first-order valence-corrected chi connectivity index (χ1v) is 15.7. The van der Waals surface area contributed by atoms with Crippen LogP contribution in [0, 0.1) is 0 Å². The predicted molar refractivity (Wildman–Crippen MR) is 188 cm³/mol. The minimum absolute atomic E-state index is 0.919. The van der Waals surface area contributed by atoms with Gasteiger partial charge >= 0.3 is 0 Å². The molecule has 0 radical (unpaired) electrons. The van der Waals surface area contributed by atoms with Crippen LogP contribution in [0.4, 0.5) is 0 Å². The van der Waals surface area contributed by atoms with Gasteiger partial charge in [-0.2, -0.15) is 0 Å². The molecule has 44 heavy (non-hydrogen) atoms. The van der Waals surface area contributed by atoms with Crippen molar-refractivity contribution in [2.45, 2.75) is 0 Å². The molecule has 206 valence electrons. The number of hydrogen-bond acceptors (Lipinski definition) is 2. The summed E-state index contributed by atoms with van der Waals surface area (Å²) in [4.78, 5) is 0. The van der Waals surface area contributed by atoms with Gasteiger partial charge in [-0.25, -0.2) is 0 Å². The number of furan rings is 1. The molecule has 0 spiro atoms. The molecule has 2 heteroatoms. The quantitative estimate of drug-likeness (QED) is 0.202. The molecule has 9 aromatic rings. The maximum absolute atomic E-state index is 6.15. The third kappa shape index (κ3) is 4.07. The number of fused-ring (bicyclic) bond motifs is 6. The van der Waals surface area contributed by atoms with E-state index in [-0.39, 0.29) is 0 Å². The Balaban J connectivity index is 1.31. The predicted octanol–water partition coefficient (Wildman–Crippen LogP) is 12.6. The van der Waals surface area contributed by atoms with E-state index in [4.69, 9.17) is 4.42 Å².